The Kier molecular flexibility index (Phi) is 2.10. The van der Waals surface area contributed by atoms with Crippen molar-refractivity contribution in [2.75, 3.05) is 0 Å². The quantitative estimate of drug-likeness (QED) is 0.585. The topological polar surface area (TPSA) is 29.1 Å². The van der Waals surface area contributed by atoms with E-state index in [2.05, 4.69) is 19.2 Å². The van der Waals surface area contributed by atoms with Gasteiger partial charge in [-0.25, -0.2) is 0 Å². The zero-order valence-corrected chi connectivity index (χ0v) is 6.48. The molecule has 0 aromatic heterocycles. The third-order valence-electron chi connectivity index (χ3n) is 1.80. The third kappa shape index (κ3) is 1.59. The number of allylic oxidation sites excluding steroid dienone is 1. The lowest BCUT2D eigenvalue weighted by Crippen LogP contribution is -2.22. The predicted molar refractivity (Wildman–Crippen MR) is 40.3 cm³/mol. The van der Waals surface area contributed by atoms with E-state index in [1.807, 2.05) is 6.20 Å². The molecule has 0 fully saturated rings. The molecule has 2 heteroatoms. The van der Waals surface area contributed by atoms with Crippen molar-refractivity contribution in [2.24, 2.45) is 5.92 Å². The summed E-state index contributed by atoms with van der Waals surface area (Å²) in [6, 6.07) is 0. The lowest BCUT2D eigenvalue weighted by molar-refractivity contribution is -0.120. The molecule has 0 saturated carbocycles. The van der Waals surface area contributed by atoms with Gasteiger partial charge >= 0.3 is 0 Å². The van der Waals surface area contributed by atoms with Crippen LogP contribution in [0.15, 0.2) is 11.8 Å². The Bertz CT molecular complexity index is 170. The minimum absolute atomic E-state index is 0.143. The lowest BCUT2D eigenvalue weighted by Gasteiger charge is -2.15. The van der Waals surface area contributed by atoms with Gasteiger partial charge in [0, 0.05) is 12.6 Å². The average molecular weight is 139 g/mol. The standard InChI is InChI=1S/C8H13NO/c1-6(2)7-3-4-8(10)9-5-7/h5-6H,3-4H2,1-2H3,(H,9,10). The molecular formula is C8H13NO. The Balaban J connectivity index is 2.56. The smallest absolute Gasteiger partial charge is 0.224 e. The second-order valence-electron chi connectivity index (χ2n) is 2.94. The Morgan fingerprint density at radius 2 is 2.20 bits per heavy atom. The van der Waals surface area contributed by atoms with Crippen molar-refractivity contribution in [1.29, 1.82) is 0 Å². The number of carbonyl (C=O) groups excluding carboxylic acids is 1. The van der Waals surface area contributed by atoms with E-state index < -0.39 is 0 Å². The summed E-state index contributed by atoms with van der Waals surface area (Å²) in [7, 11) is 0. The summed E-state index contributed by atoms with van der Waals surface area (Å²) < 4.78 is 0. The molecule has 0 aromatic rings. The molecule has 0 atom stereocenters. The number of nitrogens with one attached hydrogen (secondary N) is 1. The van der Waals surface area contributed by atoms with E-state index in [0.717, 1.165) is 6.42 Å². The van der Waals surface area contributed by atoms with Crippen molar-refractivity contribution in [2.45, 2.75) is 26.7 Å². The molecule has 1 aliphatic heterocycles. The molecule has 10 heavy (non-hydrogen) atoms. The first kappa shape index (κ1) is 7.32. The van der Waals surface area contributed by atoms with E-state index in [9.17, 15) is 4.79 Å². The van der Waals surface area contributed by atoms with E-state index in [1.54, 1.807) is 0 Å². The van der Waals surface area contributed by atoms with Gasteiger partial charge in [0.25, 0.3) is 0 Å². The molecule has 0 aliphatic carbocycles. The number of rotatable bonds is 1. The number of amides is 1. The van der Waals surface area contributed by atoms with Gasteiger partial charge in [-0.2, -0.15) is 0 Å². The molecule has 1 rings (SSSR count). The van der Waals surface area contributed by atoms with Gasteiger partial charge in [-0.15, -0.1) is 0 Å². The van der Waals surface area contributed by atoms with E-state index in [4.69, 9.17) is 0 Å². The molecule has 1 amide bonds. The summed E-state index contributed by atoms with van der Waals surface area (Å²) in [4.78, 5) is 10.7. The maximum atomic E-state index is 10.7. The molecule has 0 unspecified atom stereocenters. The van der Waals surface area contributed by atoms with Crippen LogP contribution >= 0.6 is 0 Å². The minimum atomic E-state index is 0.143. The Labute approximate surface area is 61.3 Å². The summed E-state index contributed by atoms with van der Waals surface area (Å²) in [6.07, 6.45) is 3.43. The third-order valence-corrected chi connectivity index (χ3v) is 1.80. The van der Waals surface area contributed by atoms with Crippen LogP contribution in [0.1, 0.15) is 26.7 Å². The Morgan fingerprint density at radius 3 is 2.60 bits per heavy atom. The van der Waals surface area contributed by atoms with Gasteiger partial charge in [0.15, 0.2) is 0 Å². The van der Waals surface area contributed by atoms with Crippen LogP contribution in [0.4, 0.5) is 0 Å². The SMILES string of the molecule is CC(C)C1=CNC(=O)CC1. The Hall–Kier alpha value is -0.790. The second-order valence-corrected chi connectivity index (χ2v) is 2.94. The van der Waals surface area contributed by atoms with Crippen molar-refractivity contribution in [3.63, 3.8) is 0 Å². The summed E-state index contributed by atoms with van der Waals surface area (Å²) in [5.74, 6) is 0.713. The molecule has 56 valence electrons. The maximum Gasteiger partial charge on any atom is 0.224 e. The molecule has 0 spiro atoms. The largest absolute Gasteiger partial charge is 0.333 e. The van der Waals surface area contributed by atoms with Crippen molar-refractivity contribution < 1.29 is 4.79 Å². The first-order valence-corrected chi connectivity index (χ1v) is 3.68. The van der Waals surface area contributed by atoms with Crippen LogP contribution in [0.25, 0.3) is 0 Å². The van der Waals surface area contributed by atoms with Gasteiger partial charge in [-0.3, -0.25) is 4.79 Å². The van der Waals surface area contributed by atoms with E-state index in [-0.39, 0.29) is 5.91 Å². The number of hydrogen-bond donors (Lipinski definition) is 1. The number of hydrogen-bond acceptors (Lipinski definition) is 1. The fourth-order valence-corrected chi connectivity index (χ4v) is 1.03. The number of carbonyl (C=O) groups is 1. The van der Waals surface area contributed by atoms with Gasteiger partial charge in [0.1, 0.15) is 0 Å². The Morgan fingerprint density at radius 1 is 1.50 bits per heavy atom. The van der Waals surface area contributed by atoms with Gasteiger partial charge < -0.3 is 5.32 Å². The molecule has 1 heterocycles. The lowest BCUT2D eigenvalue weighted by atomic mass is 9.97. The van der Waals surface area contributed by atoms with Gasteiger partial charge in [0.2, 0.25) is 5.91 Å². The summed E-state index contributed by atoms with van der Waals surface area (Å²) in [6.45, 7) is 4.28. The van der Waals surface area contributed by atoms with E-state index in [1.165, 1.54) is 5.57 Å². The normalized spacial score (nSPS) is 18.7. The summed E-state index contributed by atoms with van der Waals surface area (Å²) in [5, 5.41) is 2.71. The summed E-state index contributed by atoms with van der Waals surface area (Å²) >= 11 is 0. The fourth-order valence-electron chi connectivity index (χ4n) is 1.03. The monoisotopic (exact) mass is 139 g/mol. The van der Waals surface area contributed by atoms with Gasteiger partial charge in [-0.05, 0) is 12.3 Å². The van der Waals surface area contributed by atoms with Crippen LogP contribution in [-0.2, 0) is 4.79 Å². The van der Waals surface area contributed by atoms with Crippen molar-refractivity contribution in [1.82, 2.24) is 5.32 Å². The first-order chi connectivity index (χ1) is 4.70. The van der Waals surface area contributed by atoms with E-state index in [0.29, 0.717) is 12.3 Å². The van der Waals surface area contributed by atoms with Crippen molar-refractivity contribution in [3.05, 3.63) is 11.8 Å². The molecule has 0 bridgehead atoms. The zero-order valence-electron chi connectivity index (χ0n) is 6.48. The molecule has 1 N–H and O–H groups in total. The van der Waals surface area contributed by atoms with Gasteiger partial charge in [-0.1, -0.05) is 19.4 Å². The molecule has 0 aromatic carbocycles. The van der Waals surface area contributed by atoms with Crippen molar-refractivity contribution in [3.8, 4) is 0 Å². The van der Waals surface area contributed by atoms with Crippen LogP contribution in [0.2, 0.25) is 0 Å². The van der Waals surface area contributed by atoms with E-state index >= 15 is 0 Å². The van der Waals surface area contributed by atoms with Crippen LogP contribution in [-0.4, -0.2) is 5.91 Å². The van der Waals surface area contributed by atoms with Crippen LogP contribution in [0.5, 0.6) is 0 Å². The van der Waals surface area contributed by atoms with Crippen molar-refractivity contribution >= 4 is 5.91 Å². The first-order valence-electron chi connectivity index (χ1n) is 3.68. The second kappa shape index (κ2) is 2.86. The zero-order chi connectivity index (χ0) is 7.56. The molecule has 0 radical (unpaired) electrons. The van der Waals surface area contributed by atoms with Gasteiger partial charge in [0.05, 0.1) is 0 Å². The van der Waals surface area contributed by atoms with Crippen LogP contribution in [0, 0.1) is 5.92 Å². The maximum absolute atomic E-state index is 10.7. The molecule has 0 saturated heterocycles. The minimum Gasteiger partial charge on any atom is -0.333 e. The molecular weight excluding hydrogens is 126 g/mol. The highest BCUT2D eigenvalue weighted by atomic mass is 16.1. The molecule has 1 aliphatic rings. The average Bonchev–Trinajstić information content (AvgIpc) is 1.88. The highest BCUT2D eigenvalue weighted by molar-refractivity contribution is 5.78. The van der Waals surface area contributed by atoms with Crippen LogP contribution in [0.3, 0.4) is 0 Å². The predicted octanol–water partition coefficient (Wildman–Crippen LogP) is 1.44. The molecule has 2 nitrogen and oxygen atoms in total. The highest BCUT2D eigenvalue weighted by Crippen LogP contribution is 2.17. The highest BCUT2D eigenvalue weighted by Gasteiger charge is 2.11. The fraction of sp³-hybridized carbons (Fsp3) is 0.625. The van der Waals surface area contributed by atoms with Crippen LogP contribution < -0.4 is 5.32 Å². The summed E-state index contributed by atoms with van der Waals surface area (Å²) in [5.41, 5.74) is 1.35.